The van der Waals surface area contributed by atoms with Crippen molar-refractivity contribution in [3.05, 3.63) is 29.3 Å². The van der Waals surface area contributed by atoms with E-state index in [1.165, 1.54) is 4.90 Å². The number of carbonyl (C=O) groups excluding carboxylic acids is 1. The Morgan fingerprint density at radius 3 is 2.86 bits per heavy atom. The molecule has 1 amide bonds. The van der Waals surface area contributed by atoms with E-state index in [9.17, 15) is 4.79 Å². The Kier molecular flexibility index (Phi) is 6.87. The van der Waals surface area contributed by atoms with Crippen molar-refractivity contribution in [3.63, 3.8) is 0 Å². The maximum Gasteiger partial charge on any atom is 0.222 e. The molecule has 0 spiro atoms. The molecular formula is C16H22ClNO2S. The Hall–Kier alpha value is -0.710. The van der Waals surface area contributed by atoms with Gasteiger partial charge in [-0.25, -0.2) is 0 Å². The first-order chi connectivity index (χ1) is 10.2. The summed E-state index contributed by atoms with van der Waals surface area (Å²) in [6.45, 7) is 1.90. The van der Waals surface area contributed by atoms with Gasteiger partial charge >= 0.3 is 0 Å². The Morgan fingerprint density at radius 2 is 2.14 bits per heavy atom. The molecule has 0 radical (unpaired) electrons. The normalized spacial score (nSPS) is 18.2. The van der Waals surface area contributed by atoms with Crippen molar-refractivity contribution in [1.82, 2.24) is 4.90 Å². The number of aliphatic hydroxyl groups is 1. The van der Waals surface area contributed by atoms with Crippen LogP contribution in [0.25, 0.3) is 0 Å². The van der Waals surface area contributed by atoms with Gasteiger partial charge in [-0.1, -0.05) is 11.6 Å². The quantitative estimate of drug-likeness (QED) is 0.616. The molecule has 1 heterocycles. The Labute approximate surface area is 135 Å². The third kappa shape index (κ3) is 5.53. The van der Waals surface area contributed by atoms with Crippen molar-refractivity contribution in [3.8, 4) is 0 Å². The molecule has 3 nitrogen and oxygen atoms in total. The van der Waals surface area contributed by atoms with Crippen LogP contribution in [0.3, 0.4) is 0 Å². The second-order valence-corrected chi connectivity index (χ2v) is 7.02. The van der Waals surface area contributed by atoms with Crippen LogP contribution in [0.2, 0.25) is 5.02 Å². The molecule has 116 valence electrons. The molecule has 1 aromatic rings. The molecule has 21 heavy (non-hydrogen) atoms. The van der Waals surface area contributed by atoms with Gasteiger partial charge in [-0.2, -0.15) is 0 Å². The fraction of sp³-hybridized carbons (Fsp3) is 0.562. The van der Waals surface area contributed by atoms with Gasteiger partial charge in [0.15, 0.2) is 0 Å². The first kappa shape index (κ1) is 16.7. The molecule has 0 bridgehead atoms. The molecule has 1 aromatic carbocycles. The predicted molar refractivity (Wildman–Crippen MR) is 87.8 cm³/mol. The monoisotopic (exact) mass is 327 g/mol. The topological polar surface area (TPSA) is 40.5 Å². The first-order valence-electron chi connectivity index (χ1n) is 7.46. The average molecular weight is 328 g/mol. The molecular weight excluding hydrogens is 306 g/mol. The van der Waals surface area contributed by atoms with Crippen molar-refractivity contribution in [2.24, 2.45) is 5.92 Å². The third-order valence-electron chi connectivity index (χ3n) is 3.79. The number of hydrogen-bond acceptors (Lipinski definition) is 3. The molecule has 1 N–H and O–H groups in total. The number of amides is 1. The number of aliphatic hydroxyl groups excluding tert-OH is 1. The van der Waals surface area contributed by atoms with Crippen LogP contribution in [0.4, 0.5) is 0 Å². The van der Waals surface area contributed by atoms with E-state index in [1.54, 1.807) is 11.8 Å². The van der Waals surface area contributed by atoms with Crippen molar-refractivity contribution in [2.75, 3.05) is 25.4 Å². The lowest BCUT2D eigenvalue weighted by molar-refractivity contribution is -0.130. The highest BCUT2D eigenvalue weighted by molar-refractivity contribution is 7.99. The highest BCUT2D eigenvalue weighted by Gasteiger charge is 2.25. The van der Waals surface area contributed by atoms with Crippen LogP contribution < -0.4 is 0 Å². The minimum absolute atomic E-state index is 0.227. The summed E-state index contributed by atoms with van der Waals surface area (Å²) in [6.07, 6.45) is 3.36. The SMILES string of the molecule is O=C(CCCSc1ccc(Cl)cc1)N1CCC(CCO)C1. The molecule has 1 saturated heterocycles. The van der Waals surface area contributed by atoms with Gasteiger partial charge in [-0.05, 0) is 55.2 Å². The van der Waals surface area contributed by atoms with E-state index in [0.29, 0.717) is 12.3 Å². The van der Waals surface area contributed by atoms with Crippen LogP contribution in [0.15, 0.2) is 29.2 Å². The minimum atomic E-state index is 0.227. The highest BCUT2D eigenvalue weighted by atomic mass is 35.5. The Morgan fingerprint density at radius 1 is 1.38 bits per heavy atom. The van der Waals surface area contributed by atoms with Crippen molar-refractivity contribution in [2.45, 2.75) is 30.6 Å². The van der Waals surface area contributed by atoms with Crippen LogP contribution in [0.5, 0.6) is 0 Å². The summed E-state index contributed by atoms with van der Waals surface area (Å²) in [5.41, 5.74) is 0. The number of nitrogens with zero attached hydrogens (tertiary/aromatic N) is 1. The van der Waals surface area contributed by atoms with Gasteiger partial charge in [-0.3, -0.25) is 4.79 Å². The molecule has 1 atom stereocenters. The molecule has 0 aliphatic carbocycles. The van der Waals surface area contributed by atoms with E-state index < -0.39 is 0 Å². The molecule has 0 aromatic heterocycles. The summed E-state index contributed by atoms with van der Waals surface area (Å²) in [6, 6.07) is 7.80. The van der Waals surface area contributed by atoms with Crippen LogP contribution in [0.1, 0.15) is 25.7 Å². The minimum Gasteiger partial charge on any atom is -0.396 e. The van der Waals surface area contributed by atoms with Gasteiger partial charge < -0.3 is 10.0 Å². The van der Waals surface area contributed by atoms with Gasteiger partial charge in [-0.15, -0.1) is 11.8 Å². The zero-order valence-electron chi connectivity index (χ0n) is 12.1. The summed E-state index contributed by atoms with van der Waals surface area (Å²) >= 11 is 7.61. The molecule has 1 aliphatic heterocycles. The number of benzene rings is 1. The maximum atomic E-state index is 12.1. The lowest BCUT2D eigenvalue weighted by Crippen LogP contribution is -2.28. The third-order valence-corrected chi connectivity index (χ3v) is 5.14. The fourth-order valence-electron chi connectivity index (χ4n) is 2.58. The Bertz CT molecular complexity index is 452. The van der Waals surface area contributed by atoms with E-state index >= 15 is 0 Å². The van der Waals surface area contributed by atoms with Crippen LogP contribution in [0, 0.1) is 5.92 Å². The molecule has 1 fully saturated rings. The van der Waals surface area contributed by atoms with Crippen molar-refractivity contribution >= 4 is 29.3 Å². The van der Waals surface area contributed by atoms with Gasteiger partial charge in [0.25, 0.3) is 0 Å². The van der Waals surface area contributed by atoms with Crippen LogP contribution >= 0.6 is 23.4 Å². The number of hydrogen-bond donors (Lipinski definition) is 1. The average Bonchev–Trinajstić information content (AvgIpc) is 2.94. The standard InChI is InChI=1S/C16H22ClNO2S/c17-14-3-5-15(6-4-14)21-11-1-2-16(20)18-9-7-13(12-18)8-10-19/h3-6,13,19H,1-2,7-12H2. The highest BCUT2D eigenvalue weighted by Crippen LogP contribution is 2.23. The molecule has 1 unspecified atom stereocenters. The first-order valence-corrected chi connectivity index (χ1v) is 8.82. The summed E-state index contributed by atoms with van der Waals surface area (Å²) in [5.74, 6) is 1.69. The predicted octanol–water partition coefficient (Wildman–Crippen LogP) is 3.44. The largest absolute Gasteiger partial charge is 0.396 e. The number of halogens is 1. The zero-order chi connectivity index (χ0) is 15.1. The van der Waals surface area contributed by atoms with E-state index in [-0.39, 0.29) is 12.5 Å². The zero-order valence-corrected chi connectivity index (χ0v) is 13.7. The van der Waals surface area contributed by atoms with Gasteiger partial charge in [0.05, 0.1) is 0 Å². The van der Waals surface area contributed by atoms with E-state index in [0.717, 1.165) is 43.1 Å². The summed E-state index contributed by atoms with van der Waals surface area (Å²) in [5, 5.41) is 9.69. The van der Waals surface area contributed by atoms with Crippen molar-refractivity contribution in [1.29, 1.82) is 0 Å². The van der Waals surface area contributed by atoms with E-state index in [4.69, 9.17) is 16.7 Å². The number of rotatable bonds is 7. The summed E-state index contributed by atoms with van der Waals surface area (Å²) in [4.78, 5) is 15.2. The smallest absolute Gasteiger partial charge is 0.222 e. The second-order valence-electron chi connectivity index (χ2n) is 5.41. The number of carbonyl (C=O) groups is 1. The fourth-order valence-corrected chi connectivity index (χ4v) is 3.56. The van der Waals surface area contributed by atoms with Gasteiger partial charge in [0.2, 0.25) is 5.91 Å². The molecule has 2 rings (SSSR count). The van der Waals surface area contributed by atoms with E-state index in [2.05, 4.69) is 0 Å². The maximum absolute atomic E-state index is 12.1. The van der Waals surface area contributed by atoms with E-state index in [1.807, 2.05) is 29.2 Å². The lowest BCUT2D eigenvalue weighted by Gasteiger charge is -2.16. The number of thioether (sulfide) groups is 1. The molecule has 5 heteroatoms. The summed E-state index contributed by atoms with van der Waals surface area (Å²) < 4.78 is 0. The second kappa shape index (κ2) is 8.66. The van der Waals surface area contributed by atoms with Crippen LogP contribution in [-0.2, 0) is 4.79 Å². The lowest BCUT2D eigenvalue weighted by atomic mass is 10.1. The van der Waals surface area contributed by atoms with Crippen molar-refractivity contribution < 1.29 is 9.90 Å². The van der Waals surface area contributed by atoms with Gasteiger partial charge in [0, 0.05) is 36.0 Å². The number of likely N-dealkylation sites (tertiary alicyclic amines) is 1. The summed E-state index contributed by atoms with van der Waals surface area (Å²) in [7, 11) is 0. The van der Waals surface area contributed by atoms with Gasteiger partial charge in [0.1, 0.15) is 0 Å². The molecule has 0 saturated carbocycles. The Balaban J connectivity index is 1.62. The molecule has 1 aliphatic rings. The van der Waals surface area contributed by atoms with Crippen LogP contribution in [-0.4, -0.2) is 41.4 Å².